The van der Waals surface area contributed by atoms with E-state index in [-0.39, 0.29) is 23.4 Å². The van der Waals surface area contributed by atoms with Gasteiger partial charge in [-0.1, -0.05) is 60.7 Å². The smallest absolute Gasteiger partial charge is 0.264 e. The van der Waals surface area contributed by atoms with Gasteiger partial charge in [-0.05, 0) is 87.7 Å². The Kier molecular flexibility index (Phi) is 11.1. The molecular formula is C33H40ClN3O5S. The molecule has 1 aliphatic rings. The van der Waals surface area contributed by atoms with Gasteiger partial charge in [-0.3, -0.25) is 13.9 Å². The summed E-state index contributed by atoms with van der Waals surface area (Å²) < 4.78 is 34.6. The largest absolute Gasteiger partial charge is 0.494 e. The number of halogens is 1. The SMILES string of the molecule is CCOc1ccc(N(CC(=O)N(Cc2ccc(Cl)cc2)[C@@H](C)C(=O)NC2CCCCC2)S(=O)(=O)c2ccc(C)cc2)cc1. The van der Waals surface area contributed by atoms with Gasteiger partial charge in [-0.25, -0.2) is 8.42 Å². The molecule has 0 aliphatic heterocycles. The van der Waals surface area contributed by atoms with Gasteiger partial charge in [0.05, 0.1) is 17.2 Å². The molecule has 1 atom stereocenters. The van der Waals surface area contributed by atoms with Gasteiger partial charge >= 0.3 is 0 Å². The molecule has 0 saturated heterocycles. The first-order valence-electron chi connectivity index (χ1n) is 14.7. The number of benzene rings is 3. The van der Waals surface area contributed by atoms with Crippen LogP contribution in [0.4, 0.5) is 5.69 Å². The molecule has 8 nitrogen and oxygen atoms in total. The Morgan fingerprint density at radius 3 is 2.19 bits per heavy atom. The van der Waals surface area contributed by atoms with Gasteiger partial charge in [-0.2, -0.15) is 0 Å². The van der Waals surface area contributed by atoms with Crippen LogP contribution in [0.2, 0.25) is 5.02 Å². The van der Waals surface area contributed by atoms with Crippen LogP contribution in [0.3, 0.4) is 0 Å². The second-order valence-electron chi connectivity index (χ2n) is 10.9. The molecule has 230 valence electrons. The first-order valence-corrected chi connectivity index (χ1v) is 16.6. The van der Waals surface area contributed by atoms with Crippen molar-refractivity contribution in [2.45, 2.75) is 76.4 Å². The average molecular weight is 626 g/mol. The lowest BCUT2D eigenvalue weighted by Crippen LogP contribution is -2.53. The van der Waals surface area contributed by atoms with Gasteiger partial charge < -0.3 is 15.0 Å². The van der Waals surface area contributed by atoms with Crippen molar-refractivity contribution >= 4 is 39.1 Å². The highest BCUT2D eigenvalue weighted by Gasteiger charge is 2.33. The van der Waals surface area contributed by atoms with Crippen molar-refractivity contribution in [1.29, 1.82) is 0 Å². The zero-order valence-corrected chi connectivity index (χ0v) is 26.5. The summed E-state index contributed by atoms with van der Waals surface area (Å²) in [5.74, 6) is -0.184. The quantitative estimate of drug-likeness (QED) is 0.262. The summed E-state index contributed by atoms with van der Waals surface area (Å²) in [5, 5.41) is 3.67. The van der Waals surface area contributed by atoms with Crippen molar-refractivity contribution in [2.75, 3.05) is 17.5 Å². The topological polar surface area (TPSA) is 96.0 Å². The van der Waals surface area contributed by atoms with E-state index in [1.165, 1.54) is 17.0 Å². The predicted octanol–water partition coefficient (Wildman–Crippen LogP) is 6.11. The molecule has 43 heavy (non-hydrogen) atoms. The molecule has 3 aromatic rings. The number of amides is 2. The second-order valence-corrected chi connectivity index (χ2v) is 13.2. The molecule has 4 rings (SSSR count). The van der Waals surface area contributed by atoms with E-state index in [1.54, 1.807) is 67.6 Å². The second kappa shape index (κ2) is 14.8. The summed E-state index contributed by atoms with van der Waals surface area (Å²) >= 11 is 6.09. The van der Waals surface area contributed by atoms with Gasteiger partial charge in [0.15, 0.2) is 0 Å². The van der Waals surface area contributed by atoms with Crippen LogP contribution in [-0.4, -0.2) is 50.4 Å². The Bertz CT molecular complexity index is 1470. The van der Waals surface area contributed by atoms with Gasteiger partial charge in [0, 0.05) is 17.6 Å². The molecule has 1 saturated carbocycles. The zero-order valence-electron chi connectivity index (χ0n) is 25.0. The van der Waals surface area contributed by atoms with E-state index < -0.39 is 28.5 Å². The van der Waals surface area contributed by atoms with Crippen LogP contribution in [0.25, 0.3) is 0 Å². The molecule has 2 amide bonds. The predicted molar refractivity (Wildman–Crippen MR) is 170 cm³/mol. The van der Waals surface area contributed by atoms with Gasteiger partial charge in [0.25, 0.3) is 10.0 Å². The molecule has 0 heterocycles. The molecule has 0 unspecified atom stereocenters. The van der Waals surface area contributed by atoms with Crippen LogP contribution < -0.4 is 14.4 Å². The molecule has 1 aliphatic carbocycles. The first-order chi connectivity index (χ1) is 20.6. The lowest BCUT2D eigenvalue weighted by Gasteiger charge is -2.33. The van der Waals surface area contributed by atoms with Crippen LogP contribution in [-0.2, 0) is 26.2 Å². The number of rotatable bonds is 12. The van der Waals surface area contributed by atoms with Crippen molar-refractivity contribution in [3.05, 3.63) is 88.9 Å². The summed E-state index contributed by atoms with van der Waals surface area (Å²) in [6, 6.07) is 19.3. The van der Waals surface area contributed by atoms with Crippen LogP contribution in [0.5, 0.6) is 5.75 Å². The van der Waals surface area contributed by atoms with E-state index >= 15 is 0 Å². The summed E-state index contributed by atoms with van der Waals surface area (Å²) in [5.41, 5.74) is 1.99. The van der Waals surface area contributed by atoms with Crippen molar-refractivity contribution in [2.24, 2.45) is 0 Å². The highest BCUT2D eigenvalue weighted by molar-refractivity contribution is 7.92. The van der Waals surface area contributed by atoms with Crippen molar-refractivity contribution < 1.29 is 22.7 Å². The first kappa shape index (κ1) is 32.4. The Morgan fingerprint density at radius 2 is 1.58 bits per heavy atom. The highest BCUT2D eigenvalue weighted by Crippen LogP contribution is 2.27. The summed E-state index contributed by atoms with van der Waals surface area (Å²) in [4.78, 5) is 29.1. The van der Waals surface area contributed by atoms with Crippen LogP contribution >= 0.6 is 11.6 Å². The fraction of sp³-hybridized carbons (Fsp3) is 0.394. The minimum atomic E-state index is -4.14. The number of sulfonamides is 1. The number of carbonyl (C=O) groups excluding carboxylic acids is 2. The maximum absolute atomic E-state index is 14.1. The van der Waals surface area contributed by atoms with E-state index in [0.29, 0.717) is 23.1 Å². The normalized spacial score (nSPS) is 14.5. The van der Waals surface area contributed by atoms with E-state index in [1.807, 2.05) is 13.8 Å². The number of hydrogen-bond donors (Lipinski definition) is 1. The third-order valence-corrected chi connectivity index (χ3v) is 9.75. The van der Waals surface area contributed by atoms with E-state index in [0.717, 1.165) is 47.5 Å². The Morgan fingerprint density at radius 1 is 0.953 bits per heavy atom. The molecule has 0 bridgehead atoms. The van der Waals surface area contributed by atoms with E-state index in [4.69, 9.17) is 16.3 Å². The van der Waals surface area contributed by atoms with Crippen molar-refractivity contribution in [1.82, 2.24) is 10.2 Å². The van der Waals surface area contributed by atoms with Crippen LogP contribution in [0.1, 0.15) is 57.1 Å². The van der Waals surface area contributed by atoms with Gasteiger partial charge in [0.1, 0.15) is 18.3 Å². The lowest BCUT2D eigenvalue weighted by molar-refractivity contribution is -0.139. The van der Waals surface area contributed by atoms with Gasteiger partial charge in [0.2, 0.25) is 11.8 Å². The maximum atomic E-state index is 14.1. The number of anilines is 1. The van der Waals surface area contributed by atoms with Gasteiger partial charge in [-0.15, -0.1) is 0 Å². The fourth-order valence-electron chi connectivity index (χ4n) is 5.18. The minimum absolute atomic E-state index is 0.0622. The Labute approximate surface area is 260 Å². The molecule has 3 aromatic carbocycles. The van der Waals surface area contributed by atoms with E-state index in [2.05, 4.69) is 5.32 Å². The molecule has 1 fully saturated rings. The Hall–Kier alpha value is -3.56. The monoisotopic (exact) mass is 625 g/mol. The Balaban J connectivity index is 1.67. The number of aryl methyl sites for hydroxylation is 1. The molecular weight excluding hydrogens is 586 g/mol. The minimum Gasteiger partial charge on any atom is -0.494 e. The standard InChI is InChI=1S/C33H40ClN3O5S/c1-4-42-30-18-16-29(17-19-30)37(43(40,41)31-20-10-24(2)11-21-31)23-32(38)36(22-26-12-14-27(34)15-13-26)25(3)33(39)35-28-8-6-5-7-9-28/h10-21,25,28H,4-9,22-23H2,1-3H3,(H,35,39)/t25-/m0/s1. The molecule has 10 heteroatoms. The molecule has 0 radical (unpaired) electrons. The van der Waals surface area contributed by atoms with Crippen molar-refractivity contribution in [3.8, 4) is 5.75 Å². The third-order valence-electron chi connectivity index (χ3n) is 7.71. The molecule has 0 aromatic heterocycles. The lowest BCUT2D eigenvalue weighted by atomic mass is 9.95. The average Bonchev–Trinajstić information content (AvgIpc) is 3.00. The van der Waals surface area contributed by atoms with Crippen LogP contribution in [0.15, 0.2) is 77.7 Å². The molecule has 1 N–H and O–H groups in total. The van der Waals surface area contributed by atoms with E-state index in [9.17, 15) is 18.0 Å². The summed E-state index contributed by atoms with van der Waals surface area (Å²) in [7, 11) is -4.14. The highest BCUT2D eigenvalue weighted by atomic mass is 35.5. The number of hydrogen-bond acceptors (Lipinski definition) is 5. The number of nitrogens with one attached hydrogen (secondary N) is 1. The number of ether oxygens (including phenoxy) is 1. The zero-order chi connectivity index (χ0) is 31.0. The van der Waals surface area contributed by atoms with Crippen molar-refractivity contribution in [3.63, 3.8) is 0 Å². The number of carbonyl (C=O) groups is 2. The third kappa shape index (κ3) is 8.51. The summed E-state index contributed by atoms with van der Waals surface area (Å²) in [6.45, 7) is 5.49. The maximum Gasteiger partial charge on any atom is 0.264 e. The molecule has 0 spiro atoms. The summed E-state index contributed by atoms with van der Waals surface area (Å²) in [6.07, 6.45) is 5.08. The van der Waals surface area contributed by atoms with Crippen LogP contribution in [0, 0.1) is 6.92 Å². The number of nitrogens with zero attached hydrogens (tertiary/aromatic N) is 2. The fourth-order valence-corrected chi connectivity index (χ4v) is 6.72.